The molecule has 0 aliphatic carbocycles. The lowest BCUT2D eigenvalue weighted by atomic mass is 10.2. The van der Waals surface area contributed by atoms with Gasteiger partial charge < -0.3 is 15.8 Å². The van der Waals surface area contributed by atoms with E-state index < -0.39 is 0 Å². The number of nitrogens with one attached hydrogen (secondary N) is 1. The van der Waals surface area contributed by atoms with Crippen LogP contribution in [-0.4, -0.2) is 21.9 Å². The number of aromatic nitrogens is 2. The van der Waals surface area contributed by atoms with Crippen molar-refractivity contribution in [2.24, 2.45) is 5.73 Å². The highest BCUT2D eigenvalue weighted by Crippen LogP contribution is 2.20. The highest BCUT2D eigenvalue weighted by Gasteiger charge is 2.06. The van der Waals surface area contributed by atoms with E-state index >= 15 is 0 Å². The van der Waals surface area contributed by atoms with E-state index in [1.54, 1.807) is 43.5 Å². The molecule has 0 spiro atoms. The smallest absolute Gasteiger partial charge is 0.322 e. The third-order valence-electron chi connectivity index (χ3n) is 2.63. The fraction of sp³-hybridized carbons (Fsp3) is 0.267. The molecule has 6 nitrogen and oxygen atoms in total. The van der Waals surface area contributed by atoms with E-state index in [2.05, 4.69) is 15.3 Å². The maximum absolute atomic E-state index is 11.6. The first-order valence-corrected chi connectivity index (χ1v) is 6.66. The number of nitrogens with two attached hydrogens (primary N) is 1. The Balaban J connectivity index is 0.00000242. The van der Waals surface area contributed by atoms with Crippen LogP contribution in [0.5, 0.6) is 11.8 Å². The lowest BCUT2D eigenvalue weighted by Gasteiger charge is -2.08. The van der Waals surface area contributed by atoms with Crippen molar-refractivity contribution in [3.8, 4) is 11.8 Å². The molecule has 0 aliphatic rings. The van der Waals surface area contributed by atoms with Gasteiger partial charge in [0.15, 0.2) is 0 Å². The minimum atomic E-state index is -0.161. The third kappa shape index (κ3) is 5.67. The molecule has 3 N–H and O–H groups in total. The predicted octanol–water partition coefficient (Wildman–Crippen LogP) is 2.67. The molecule has 0 saturated carbocycles. The van der Waals surface area contributed by atoms with Gasteiger partial charge >= 0.3 is 6.01 Å². The highest BCUT2D eigenvalue weighted by atomic mass is 35.5. The summed E-state index contributed by atoms with van der Waals surface area (Å²) in [6, 6.07) is 8.92. The summed E-state index contributed by atoms with van der Waals surface area (Å²) in [5.41, 5.74) is 7.10. The van der Waals surface area contributed by atoms with Crippen LogP contribution in [0.25, 0.3) is 0 Å². The minimum absolute atomic E-state index is 0. The Morgan fingerprint density at radius 1 is 1.32 bits per heavy atom. The fourth-order valence-electron chi connectivity index (χ4n) is 1.69. The van der Waals surface area contributed by atoms with Crippen LogP contribution in [0.3, 0.4) is 0 Å². The van der Waals surface area contributed by atoms with Gasteiger partial charge in [-0.15, -0.1) is 12.4 Å². The number of carbonyl (C=O) groups excluding carboxylic acids is 1. The SMILES string of the molecule is Cc1ccnc(Oc2ccc(NC(=O)CC(C)N)cc2)n1.Cl. The van der Waals surface area contributed by atoms with Crippen molar-refractivity contribution in [2.45, 2.75) is 26.3 Å². The van der Waals surface area contributed by atoms with Crippen LogP contribution in [0.2, 0.25) is 0 Å². The molecule has 1 aromatic carbocycles. The van der Waals surface area contributed by atoms with Gasteiger partial charge in [-0.3, -0.25) is 4.79 Å². The minimum Gasteiger partial charge on any atom is -0.424 e. The molecule has 7 heteroatoms. The Kier molecular flexibility index (Phi) is 6.75. The number of aryl methyl sites for hydroxylation is 1. The average molecular weight is 323 g/mol. The first-order chi connectivity index (χ1) is 10.0. The Morgan fingerprint density at radius 3 is 2.59 bits per heavy atom. The standard InChI is InChI=1S/C15H18N4O2.ClH/c1-10(16)9-14(20)19-12-3-5-13(6-4-12)21-15-17-8-7-11(2)18-15;/h3-8,10H,9,16H2,1-2H3,(H,19,20);1H. The summed E-state index contributed by atoms with van der Waals surface area (Å²) in [6.45, 7) is 3.66. The molecule has 0 saturated heterocycles. The predicted molar refractivity (Wildman–Crippen MR) is 87.4 cm³/mol. The molecule has 2 aromatic rings. The van der Waals surface area contributed by atoms with Crippen LogP contribution in [0.4, 0.5) is 5.69 Å². The Labute approximate surface area is 135 Å². The van der Waals surface area contributed by atoms with E-state index in [4.69, 9.17) is 10.5 Å². The van der Waals surface area contributed by atoms with Gasteiger partial charge in [0.2, 0.25) is 5.91 Å². The van der Waals surface area contributed by atoms with E-state index in [-0.39, 0.29) is 30.8 Å². The largest absolute Gasteiger partial charge is 0.424 e. The van der Waals surface area contributed by atoms with Crippen LogP contribution in [0.15, 0.2) is 36.5 Å². The number of amides is 1. The fourth-order valence-corrected chi connectivity index (χ4v) is 1.69. The van der Waals surface area contributed by atoms with Gasteiger partial charge in [0.25, 0.3) is 0 Å². The van der Waals surface area contributed by atoms with Crippen molar-refractivity contribution in [1.29, 1.82) is 0 Å². The Bertz CT molecular complexity index is 617. The zero-order chi connectivity index (χ0) is 15.2. The number of halogens is 1. The Hall–Kier alpha value is -2.18. The molecule has 0 bridgehead atoms. The van der Waals surface area contributed by atoms with E-state index in [1.807, 2.05) is 6.92 Å². The van der Waals surface area contributed by atoms with Crippen molar-refractivity contribution in [3.63, 3.8) is 0 Å². The molecule has 0 aliphatic heterocycles. The Morgan fingerprint density at radius 2 is 2.00 bits per heavy atom. The van der Waals surface area contributed by atoms with Crippen LogP contribution in [0.1, 0.15) is 19.0 Å². The monoisotopic (exact) mass is 322 g/mol. The number of anilines is 1. The zero-order valence-electron chi connectivity index (χ0n) is 12.4. The second kappa shape index (κ2) is 8.31. The molecule has 118 valence electrons. The summed E-state index contributed by atoms with van der Waals surface area (Å²) < 4.78 is 5.53. The van der Waals surface area contributed by atoms with Crippen molar-refractivity contribution in [1.82, 2.24) is 9.97 Å². The average Bonchev–Trinajstić information content (AvgIpc) is 2.40. The summed E-state index contributed by atoms with van der Waals surface area (Å²) in [4.78, 5) is 19.8. The molecule has 0 fully saturated rings. The summed E-state index contributed by atoms with van der Waals surface area (Å²) >= 11 is 0. The normalized spacial score (nSPS) is 11.2. The first-order valence-electron chi connectivity index (χ1n) is 6.66. The lowest BCUT2D eigenvalue weighted by molar-refractivity contribution is -0.116. The molecule has 1 unspecified atom stereocenters. The number of nitrogens with zero attached hydrogens (tertiary/aromatic N) is 2. The van der Waals surface area contributed by atoms with Gasteiger partial charge in [-0.1, -0.05) is 0 Å². The molecule has 2 rings (SSSR count). The summed E-state index contributed by atoms with van der Waals surface area (Å²) in [5.74, 6) is 0.492. The maximum Gasteiger partial charge on any atom is 0.322 e. The molecule has 0 radical (unpaired) electrons. The van der Waals surface area contributed by atoms with Gasteiger partial charge in [-0.2, -0.15) is 0 Å². The molecule has 1 aromatic heterocycles. The van der Waals surface area contributed by atoms with Crippen molar-refractivity contribution in [2.75, 3.05) is 5.32 Å². The molecular weight excluding hydrogens is 304 g/mol. The molecule has 1 heterocycles. The van der Waals surface area contributed by atoms with Crippen LogP contribution >= 0.6 is 12.4 Å². The van der Waals surface area contributed by atoms with Gasteiger partial charge in [-0.05, 0) is 44.2 Å². The van der Waals surface area contributed by atoms with Crippen molar-refractivity contribution < 1.29 is 9.53 Å². The van der Waals surface area contributed by atoms with E-state index in [1.165, 1.54) is 0 Å². The number of carbonyl (C=O) groups is 1. The molecule has 1 amide bonds. The van der Waals surface area contributed by atoms with Crippen LogP contribution in [0, 0.1) is 6.92 Å². The van der Waals surface area contributed by atoms with Gasteiger partial charge in [0.1, 0.15) is 5.75 Å². The van der Waals surface area contributed by atoms with Gasteiger partial charge in [0, 0.05) is 30.0 Å². The van der Waals surface area contributed by atoms with E-state index in [0.717, 1.165) is 5.69 Å². The van der Waals surface area contributed by atoms with Gasteiger partial charge in [-0.25, -0.2) is 9.97 Å². The van der Waals surface area contributed by atoms with Crippen molar-refractivity contribution in [3.05, 3.63) is 42.2 Å². The van der Waals surface area contributed by atoms with Crippen molar-refractivity contribution >= 4 is 24.0 Å². The summed E-state index contributed by atoms with van der Waals surface area (Å²) in [7, 11) is 0. The lowest BCUT2D eigenvalue weighted by Crippen LogP contribution is -2.23. The number of hydrogen-bond acceptors (Lipinski definition) is 5. The third-order valence-corrected chi connectivity index (χ3v) is 2.63. The quantitative estimate of drug-likeness (QED) is 0.883. The van der Waals surface area contributed by atoms with Crippen LogP contribution in [-0.2, 0) is 4.79 Å². The topological polar surface area (TPSA) is 90.1 Å². The van der Waals surface area contributed by atoms with Crippen LogP contribution < -0.4 is 15.8 Å². The second-order valence-electron chi connectivity index (χ2n) is 4.84. The van der Waals surface area contributed by atoms with E-state index in [9.17, 15) is 4.79 Å². The van der Waals surface area contributed by atoms with Gasteiger partial charge in [0.05, 0.1) is 0 Å². The number of ether oxygens (including phenoxy) is 1. The second-order valence-corrected chi connectivity index (χ2v) is 4.84. The maximum atomic E-state index is 11.6. The molecule has 1 atom stereocenters. The summed E-state index contributed by atoms with van der Waals surface area (Å²) in [6.07, 6.45) is 1.93. The number of hydrogen-bond donors (Lipinski definition) is 2. The zero-order valence-corrected chi connectivity index (χ0v) is 13.3. The molecule has 22 heavy (non-hydrogen) atoms. The van der Waals surface area contributed by atoms with E-state index in [0.29, 0.717) is 17.4 Å². The first kappa shape index (κ1) is 17.9. The highest BCUT2D eigenvalue weighted by molar-refractivity contribution is 5.91. The number of benzene rings is 1. The molecular formula is C15H19ClN4O2. The number of rotatable bonds is 5. The summed E-state index contributed by atoms with van der Waals surface area (Å²) in [5, 5.41) is 2.77.